The van der Waals surface area contributed by atoms with Crippen molar-refractivity contribution >= 4 is 5.97 Å². The maximum atomic E-state index is 11.5. The zero-order valence-electron chi connectivity index (χ0n) is 11.0. The predicted octanol–water partition coefficient (Wildman–Crippen LogP) is 2.90. The number of hydrogen-bond donors (Lipinski definition) is 1. The second kappa shape index (κ2) is 5.38. The number of carboxylic acid groups (broad SMARTS) is 1. The highest BCUT2D eigenvalue weighted by Gasteiger charge is 2.44. The lowest BCUT2D eigenvalue weighted by molar-refractivity contribution is -0.150. The van der Waals surface area contributed by atoms with Gasteiger partial charge in [0.2, 0.25) is 0 Å². The molecule has 3 nitrogen and oxygen atoms in total. The van der Waals surface area contributed by atoms with Crippen LogP contribution in [-0.4, -0.2) is 35.1 Å². The van der Waals surface area contributed by atoms with Gasteiger partial charge in [-0.05, 0) is 38.6 Å². The molecular weight excluding hydrogens is 214 g/mol. The van der Waals surface area contributed by atoms with Crippen LogP contribution in [0.3, 0.4) is 0 Å². The first-order chi connectivity index (χ1) is 8.18. The molecule has 2 aliphatic carbocycles. The topological polar surface area (TPSA) is 40.5 Å². The Kier molecular flexibility index (Phi) is 4.08. The molecule has 0 spiro atoms. The van der Waals surface area contributed by atoms with Gasteiger partial charge in [0.25, 0.3) is 0 Å². The van der Waals surface area contributed by atoms with E-state index in [1.807, 2.05) is 0 Å². The minimum atomic E-state index is -0.558. The second-order valence-corrected chi connectivity index (χ2v) is 5.85. The number of nitrogens with zero attached hydrogens (tertiary/aromatic N) is 1. The average Bonchev–Trinajstić information content (AvgIpc) is 3.04. The van der Waals surface area contributed by atoms with Crippen molar-refractivity contribution in [2.45, 2.75) is 64.3 Å². The number of hydrogen-bond acceptors (Lipinski definition) is 2. The summed E-state index contributed by atoms with van der Waals surface area (Å²) in [5.74, 6) is -0.558. The summed E-state index contributed by atoms with van der Waals surface area (Å²) < 4.78 is 0. The van der Waals surface area contributed by atoms with E-state index in [1.165, 1.54) is 25.7 Å². The summed E-state index contributed by atoms with van der Waals surface area (Å²) in [6.07, 6.45) is 8.92. The maximum Gasteiger partial charge on any atom is 0.310 e. The van der Waals surface area contributed by atoms with Gasteiger partial charge in [0, 0.05) is 12.6 Å². The van der Waals surface area contributed by atoms with Crippen LogP contribution in [-0.2, 0) is 4.79 Å². The Labute approximate surface area is 104 Å². The van der Waals surface area contributed by atoms with Crippen molar-refractivity contribution in [2.24, 2.45) is 5.41 Å². The van der Waals surface area contributed by atoms with Crippen LogP contribution in [0.5, 0.6) is 0 Å². The Bertz CT molecular complexity index is 267. The zero-order chi connectivity index (χ0) is 12.3. The van der Waals surface area contributed by atoms with Crippen LogP contribution in [0.15, 0.2) is 0 Å². The Balaban J connectivity index is 1.96. The van der Waals surface area contributed by atoms with Crippen LogP contribution in [0, 0.1) is 5.41 Å². The van der Waals surface area contributed by atoms with Crippen LogP contribution < -0.4 is 0 Å². The molecule has 0 aromatic rings. The molecule has 0 atom stereocenters. The molecule has 0 heterocycles. The number of rotatable bonds is 7. The number of carbonyl (C=O) groups is 1. The Morgan fingerprint density at radius 1 is 1.35 bits per heavy atom. The van der Waals surface area contributed by atoms with Gasteiger partial charge in [-0.25, -0.2) is 0 Å². The molecule has 0 aliphatic heterocycles. The van der Waals surface area contributed by atoms with Crippen molar-refractivity contribution in [3.8, 4) is 0 Å². The molecule has 2 aliphatic rings. The van der Waals surface area contributed by atoms with Crippen molar-refractivity contribution in [3.63, 3.8) is 0 Å². The molecule has 2 fully saturated rings. The molecule has 0 bridgehead atoms. The minimum Gasteiger partial charge on any atom is -0.481 e. The number of unbranched alkanes of at least 4 members (excludes halogenated alkanes) is 1. The summed E-state index contributed by atoms with van der Waals surface area (Å²) in [4.78, 5) is 14.0. The van der Waals surface area contributed by atoms with E-state index < -0.39 is 11.4 Å². The van der Waals surface area contributed by atoms with Crippen molar-refractivity contribution in [3.05, 3.63) is 0 Å². The lowest BCUT2D eigenvalue weighted by Crippen LogP contribution is -2.42. The lowest BCUT2D eigenvalue weighted by atomic mass is 9.85. The highest BCUT2D eigenvalue weighted by atomic mass is 16.4. The average molecular weight is 239 g/mol. The largest absolute Gasteiger partial charge is 0.481 e. The quantitative estimate of drug-likeness (QED) is 0.742. The third-order valence-electron chi connectivity index (χ3n) is 4.38. The van der Waals surface area contributed by atoms with Crippen LogP contribution in [0.2, 0.25) is 0 Å². The van der Waals surface area contributed by atoms with Gasteiger partial charge in [-0.2, -0.15) is 0 Å². The van der Waals surface area contributed by atoms with E-state index in [0.29, 0.717) is 6.04 Å². The molecule has 1 N–H and O–H groups in total. The zero-order valence-corrected chi connectivity index (χ0v) is 11.0. The summed E-state index contributed by atoms with van der Waals surface area (Å²) in [5.41, 5.74) is -0.420. The molecule has 0 unspecified atom stereocenters. The third-order valence-corrected chi connectivity index (χ3v) is 4.38. The fourth-order valence-electron chi connectivity index (χ4n) is 3.07. The van der Waals surface area contributed by atoms with Crippen molar-refractivity contribution in [2.75, 3.05) is 13.1 Å². The standard InChI is InChI=1S/C14H25NO2/c1-2-3-10-15(12-6-7-12)11-14(13(16)17)8-4-5-9-14/h12H,2-11H2,1H3,(H,16,17). The fourth-order valence-corrected chi connectivity index (χ4v) is 3.07. The lowest BCUT2D eigenvalue weighted by Gasteiger charge is -2.32. The van der Waals surface area contributed by atoms with Gasteiger partial charge in [0.15, 0.2) is 0 Å². The first-order valence-electron chi connectivity index (χ1n) is 7.15. The first-order valence-corrected chi connectivity index (χ1v) is 7.15. The maximum absolute atomic E-state index is 11.5. The van der Waals surface area contributed by atoms with Gasteiger partial charge in [-0.15, -0.1) is 0 Å². The van der Waals surface area contributed by atoms with Crippen molar-refractivity contribution in [1.29, 1.82) is 0 Å². The molecule has 3 heteroatoms. The van der Waals surface area contributed by atoms with E-state index in [1.54, 1.807) is 0 Å². The molecule has 0 radical (unpaired) electrons. The summed E-state index contributed by atoms with van der Waals surface area (Å²) in [5, 5.41) is 9.51. The van der Waals surface area contributed by atoms with E-state index in [0.717, 1.165) is 38.8 Å². The second-order valence-electron chi connectivity index (χ2n) is 5.85. The Hall–Kier alpha value is -0.570. The highest BCUT2D eigenvalue weighted by Crippen LogP contribution is 2.41. The highest BCUT2D eigenvalue weighted by molar-refractivity contribution is 5.75. The van der Waals surface area contributed by atoms with E-state index in [4.69, 9.17) is 0 Å². The Morgan fingerprint density at radius 3 is 2.47 bits per heavy atom. The number of carboxylic acids is 1. The molecule has 2 saturated carbocycles. The van der Waals surface area contributed by atoms with Crippen molar-refractivity contribution in [1.82, 2.24) is 4.90 Å². The van der Waals surface area contributed by atoms with Gasteiger partial charge in [0.05, 0.1) is 5.41 Å². The predicted molar refractivity (Wildman–Crippen MR) is 68.0 cm³/mol. The summed E-state index contributed by atoms with van der Waals surface area (Å²) in [6, 6.07) is 0.693. The van der Waals surface area contributed by atoms with Gasteiger partial charge < -0.3 is 5.11 Å². The van der Waals surface area contributed by atoms with E-state index >= 15 is 0 Å². The fraction of sp³-hybridized carbons (Fsp3) is 0.929. The third kappa shape index (κ3) is 3.01. The summed E-state index contributed by atoms with van der Waals surface area (Å²) in [6.45, 7) is 4.09. The van der Waals surface area contributed by atoms with Gasteiger partial charge in [0.1, 0.15) is 0 Å². The molecule has 98 valence electrons. The first kappa shape index (κ1) is 12.9. The summed E-state index contributed by atoms with van der Waals surface area (Å²) in [7, 11) is 0. The molecule has 2 rings (SSSR count). The Morgan fingerprint density at radius 2 is 2.00 bits per heavy atom. The smallest absolute Gasteiger partial charge is 0.310 e. The molecular formula is C14H25NO2. The molecule has 17 heavy (non-hydrogen) atoms. The van der Waals surface area contributed by atoms with E-state index in [2.05, 4.69) is 11.8 Å². The van der Waals surface area contributed by atoms with Crippen LogP contribution in [0.25, 0.3) is 0 Å². The molecule has 0 saturated heterocycles. The van der Waals surface area contributed by atoms with Crippen LogP contribution >= 0.6 is 0 Å². The van der Waals surface area contributed by atoms with Crippen LogP contribution in [0.4, 0.5) is 0 Å². The normalized spacial score (nSPS) is 23.2. The SMILES string of the molecule is CCCCN(CC1(C(=O)O)CCCC1)C1CC1. The molecule has 0 aromatic carbocycles. The van der Waals surface area contributed by atoms with E-state index in [-0.39, 0.29) is 0 Å². The van der Waals surface area contributed by atoms with Crippen molar-refractivity contribution < 1.29 is 9.90 Å². The monoisotopic (exact) mass is 239 g/mol. The van der Waals surface area contributed by atoms with Crippen LogP contribution in [0.1, 0.15) is 58.3 Å². The molecule has 0 amide bonds. The van der Waals surface area contributed by atoms with E-state index in [9.17, 15) is 9.90 Å². The number of aliphatic carboxylic acids is 1. The van der Waals surface area contributed by atoms with Gasteiger partial charge in [-0.1, -0.05) is 26.2 Å². The molecule has 0 aromatic heterocycles. The van der Waals surface area contributed by atoms with Gasteiger partial charge in [-0.3, -0.25) is 9.69 Å². The summed E-state index contributed by atoms with van der Waals surface area (Å²) >= 11 is 0. The minimum absolute atomic E-state index is 0.420. The van der Waals surface area contributed by atoms with Gasteiger partial charge >= 0.3 is 5.97 Å².